The number of fused-ring (bicyclic) bond motifs is 1. The van der Waals surface area contributed by atoms with Gasteiger partial charge in [0.1, 0.15) is 12.1 Å². The molecule has 0 spiro atoms. The van der Waals surface area contributed by atoms with E-state index >= 15 is 0 Å². The predicted molar refractivity (Wildman–Crippen MR) is 63.6 cm³/mol. The summed E-state index contributed by atoms with van der Waals surface area (Å²) < 4.78 is 1.66. The van der Waals surface area contributed by atoms with Gasteiger partial charge >= 0.3 is 5.97 Å². The minimum atomic E-state index is -1.15. The van der Waals surface area contributed by atoms with E-state index in [1.54, 1.807) is 35.4 Å². The lowest BCUT2D eigenvalue weighted by molar-refractivity contribution is 0.0684. The van der Waals surface area contributed by atoms with Crippen molar-refractivity contribution in [1.82, 2.24) is 19.5 Å². The Bertz CT molecular complexity index is 722. The molecule has 0 aliphatic rings. The van der Waals surface area contributed by atoms with Crippen LogP contribution in [0.4, 0.5) is 0 Å². The van der Waals surface area contributed by atoms with Gasteiger partial charge in [-0.1, -0.05) is 12.1 Å². The van der Waals surface area contributed by atoms with Crippen molar-refractivity contribution in [2.24, 2.45) is 0 Å². The second-order valence-corrected chi connectivity index (χ2v) is 3.66. The molecule has 3 aromatic rings. The maximum atomic E-state index is 11.0. The number of rotatable bonds is 2. The van der Waals surface area contributed by atoms with Gasteiger partial charge in [0.2, 0.25) is 5.82 Å². The van der Waals surface area contributed by atoms with Crippen LogP contribution in [0.25, 0.3) is 16.7 Å². The minimum absolute atomic E-state index is 0.225. The Morgan fingerprint density at radius 2 is 2.06 bits per heavy atom. The molecule has 0 radical (unpaired) electrons. The molecule has 0 aliphatic carbocycles. The van der Waals surface area contributed by atoms with E-state index in [1.807, 2.05) is 12.1 Å². The molecule has 6 heteroatoms. The zero-order chi connectivity index (χ0) is 12.5. The van der Waals surface area contributed by atoms with Gasteiger partial charge in [-0.05, 0) is 12.1 Å². The second kappa shape index (κ2) is 3.92. The summed E-state index contributed by atoms with van der Waals surface area (Å²) >= 11 is 0. The van der Waals surface area contributed by atoms with Crippen molar-refractivity contribution in [3.63, 3.8) is 0 Å². The number of carbonyl (C=O) groups is 1. The number of hydrogen-bond acceptors (Lipinski definition) is 4. The number of imidazole rings is 1. The van der Waals surface area contributed by atoms with Crippen LogP contribution in [-0.4, -0.2) is 30.6 Å². The first-order chi connectivity index (χ1) is 8.75. The van der Waals surface area contributed by atoms with Crippen molar-refractivity contribution in [3.8, 4) is 5.82 Å². The van der Waals surface area contributed by atoms with Crippen LogP contribution < -0.4 is 0 Å². The molecule has 0 bridgehead atoms. The van der Waals surface area contributed by atoms with Crippen molar-refractivity contribution in [2.45, 2.75) is 0 Å². The molecule has 18 heavy (non-hydrogen) atoms. The first-order valence-electron chi connectivity index (χ1n) is 5.24. The van der Waals surface area contributed by atoms with Gasteiger partial charge in [-0.15, -0.1) is 0 Å². The molecule has 2 heterocycles. The van der Waals surface area contributed by atoms with E-state index in [4.69, 9.17) is 5.11 Å². The van der Waals surface area contributed by atoms with Gasteiger partial charge in [0.05, 0.1) is 5.52 Å². The third kappa shape index (κ3) is 1.60. The molecule has 1 aromatic carbocycles. The highest BCUT2D eigenvalue weighted by Crippen LogP contribution is 2.18. The van der Waals surface area contributed by atoms with Crippen molar-refractivity contribution in [2.75, 3.05) is 0 Å². The molecule has 0 fully saturated rings. The van der Waals surface area contributed by atoms with Crippen LogP contribution in [0.5, 0.6) is 0 Å². The molecule has 88 valence electrons. The summed E-state index contributed by atoms with van der Waals surface area (Å²) in [7, 11) is 0. The van der Waals surface area contributed by atoms with E-state index in [9.17, 15) is 4.79 Å². The van der Waals surface area contributed by atoms with Gasteiger partial charge in [0.15, 0.2) is 0 Å². The van der Waals surface area contributed by atoms with Gasteiger partial charge in [-0.3, -0.25) is 4.57 Å². The topological polar surface area (TPSA) is 80.9 Å². The van der Waals surface area contributed by atoms with Gasteiger partial charge in [-0.25, -0.2) is 19.7 Å². The predicted octanol–water partition coefficient (Wildman–Crippen LogP) is 1.51. The molecule has 2 aromatic heterocycles. The van der Waals surface area contributed by atoms with E-state index in [0.717, 1.165) is 5.39 Å². The Morgan fingerprint density at radius 1 is 1.22 bits per heavy atom. The summed E-state index contributed by atoms with van der Waals surface area (Å²) in [6.07, 6.45) is 4.89. The lowest BCUT2D eigenvalue weighted by Gasteiger charge is -2.06. The zero-order valence-corrected chi connectivity index (χ0v) is 9.19. The lowest BCUT2D eigenvalue weighted by atomic mass is 10.2. The SMILES string of the molecule is O=C(O)c1nc(-n2ccnc2)c2ccccc2n1. The largest absolute Gasteiger partial charge is 0.475 e. The Labute approximate surface area is 102 Å². The monoisotopic (exact) mass is 240 g/mol. The molecular weight excluding hydrogens is 232 g/mol. The van der Waals surface area contributed by atoms with Gasteiger partial charge in [-0.2, -0.15) is 0 Å². The fourth-order valence-corrected chi connectivity index (χ4v) is 1.74. The number of nitrogens with zero attached hydrogens (tertiary/aromatic N) is 4. The van der Waals surface area contributed by atoms with E-state index in [-0.39, 0.29) is 5.82 Å². The van der Waals surface area contributed by atoms with Crippen molar-refractivity contribution in [1.29, 1.82) is 0 Å². The smallest absolute Gasteiger partial charge is 0.374 e. The third-order valence-corrected chi connectivity index (χ3v) is 2.52. The fourth-order valence-electron chi connectivity index (χ4n) is 1.74. The molecule has 0 unspecified atom stereocenters. The van der Waals surface area contributed by atoms with E-state index in [2.05, 4.69) is 15.0 Å². The molecular formula is C12H8N4O2. The number of aromatic nitrogens is 4. The first kappa shape index (κ1) is 10.4. The summed E-state index contributed by atoms with van der Waals surface area (Å²) in [6, 6.07) is 7.26. The standard InChI is InChI=1S/C12H8N4O2/c17-12(18)10-14-9-4-2-1-3-8(9)11(15-10)16-6-5-13-7-16/h1-7H,(H,17,18). The van der Waals surface area contributed by atoms with E-state index in [0.29, 0.717) is 11.3 Å². The first-order valence-corrected chi connectivity index (χ1v) is 5.24. The minimum Gasteiger partial charge on any atom is -0.475 e. The lowest BCUT2D eigenvalue weighted by Crippen LogP contribution is -2.08. The fraction of sp³-hybridized carbons (Fsp3) is 0. The Morgan fingerprint density at radius 3 is 2.78 bits per heavy atom. The summed E-state index contributed by atoms with van der Waals surface area (Å²) in [4.78, 5) is 23.0. The highest BCUT2D eigenvalue weighted by Gasteiger charge is 2.13. The van der Waals surface area contributed by atoms with Crippen LogP contribution in [0.3, 0.4) is 0 Å². The average Bonchev–Trinajstić information content (AvgIpc) is 2.91. The quantitative estimate of drug-likeness (QED) is 0.734. The second-order valence-electron chi connectivity index (χ2n) is 3.66. The van der Waals surface area contributed by atoms with Crippen LogP contribution in [0.2, 0.25) is 0 Å². The van der Waals surface area contributed by atoms with Gasteiger partial charge in [0, 0.05) is 17.8 Å². The number of hydrogen-bond donors (Lipinski definition) is 1. The van der Waals surface area contributed by atoms with Crippen LogP contribution in [-0.2, 0) is 0 Å². The molecule has 3 rings (SSSR count). The summed E-state index contributed by atoms with van der Waals surface area (Å²) in [5.74, 6) is -0.866. The number of carboxylic acid groups (broad SMARTS) is 1. The van der Waals surface area contributed by atoms with Gasteiger partial charge in [0.25, 0.3) is 0 Å². The maximum absolute atomic E-state index is 11.0. The summed E-state index contributed by atoms with van der Waals surface area (Å²) in [5, 5.41) is 9.79. The highest BCUT2D eigenvalue weighted by atomic mass is 16.4. The number of carboxylic acids is 1. The normalized spacial score (nSPS) is 10.7. The Kier molecular flexibility index (Phi) is 2.26. The molecule has 0 saturated heterocycles. The van der Waals surface area contributed by atoms with Crippen molar-refractivity contribution < 1.29 is 9.90 Å². The van der Waals surface area contributed by atoms with Crippen LogP contribution >= 0.6 is 0 Å². The number of para-hydroxylation sites is 1. The van der Waals surface area contributed by atoms with Crippen molar-refractivity contribution >= 4 is 16.9 Å². The Hall–Kier alpha value is -2.76. The Balaban J connectivity index is 2.37. The number of aromatic carboxylic acids is 1. The molecule has 6 nitrogen and oxygen atoms in total. The van der Waals surface area contributed by atoms with Crippen LogP contribution in [0.1, 0.15) is 10.6 Å². The van der Waals surface area contributed by atoms with Crippen LogP contribution in [0.15, 0.2) is 43.0 Å². The number of benzene rings is 1. The van der Waals surface area contributed by atoms with Crippen molar-refractivity contribution in [3.05, 3.63) is 48.8 Å². The maximum Gasteiger partial charge on any atom is 0.374 e. The molecule has 0 atom stereocenters. The van der Waals surface area contributed by atoms with Gasteiger partial charge < -0.3 is 5.11 Å². The summed E-state index contributed by atoms with van der Waals surface area (Å²) in [6.45, 7) is 0. The highest BCUT2D eigenvalue weighted by molar-refractivity contribution is 5.91. The molecule has 0 aliphatic heterocycles. The molecule has 0 amide bonds. The third-order valence-electron chi connectivity index (χ3n) is 2.52. The van der Waals surface area contributed by atoms with E-state index < -0.39 is 5.97 Å². The van der Waals surface area contributed by atoms with Crippen LogP contribution in [0, 0.1) is 0 Å². The summed E-state index contributed by atoms with van der Waals surface area (Å²) in [5.41, 5.74) is 0.591. The van der Waals surface area contributed by atoms with E-state index in [1.165, 1.54) is 0 Å². The molecule has 0 saturated carbocycles. The average molecular weight is 240 g/mol. The molecule has 1 N–H and O–H groups in total. The zero-order valence-electron chi connectivity index (χ0n) is 9.19.